The van der Waals surface area contributed by atoms with Crippen molar-refractivity contribution in [1.29, 1.82) is 0 Å². The summed E-state index contributed by atoms with van der Waals surface area (Å²) in [6.45, 7) is 0. The first-order valence-corrected chi connectivity index (χ1v) is 3.85. The zero-order valence-electron chi connectivity index (χ0n) is 7.10. The van der Waals surface area contributed by atoms with Crippen LogP contribution in [0.4, 0.5) is 0 Å². The summed E-state index contributed by atoms with van der Waals surface area (Å²) < 4.78 is 0. The molecule has 0 amide bonds. The molecule has 1 aromatic carbocycles. The van der Waals surface area contributed by atoms with E-state index in [0.717, 1.165) is 21.9 Å². The average molecular weight is 290 g/mol. The summed E-state index contributed by atoms with van der Waals surface area (Å²) >= 11 is 0. The molecule has 0 bridgehead atoms. The van der Waals surface area contributed by atoms with Gasteiger partial charge in [0.1, 0.15) is 0 Å². The Morgan fingerprint density at radius 1 is 1.21 bits per heavy atom. The number of imidazole rings is 1. The molecule has 6 heteroatoms. The van der Waals surface area contributed by atoms with Crippen molar-refractivity contribution in [3.05, 3.63) is 24.7 Å². The zero-order chi connectivity index (χ0) is 8.67. The molecule has 0 aliphatic rings. The van der Waals surface area contributed by atoms with Gasteiger partial charge in [-0.2, -0.15) is 0 Å². The van der Waals surface area contributed by atoms with Crippen LogP contribution in [0.25, 0.3) is 21.9 Å². The molecule has 4 radical (unpaired) electrons. The maximum Gasteiger partial charge on any atom is 0.0993 e. The summed E-state index contributed by atoms with van der Waals surface area (Å²) in [7, 11) is 0. The molecule has 14 heavy (non-hydrogen) atoms. The summed E-state index contributed by atoms with van der Waals surface area (Å²) in [5.74, 6) is 0. The van der Waals surface area contributed by atoms with Crippen molar-refractivity contribution in [3.63, 3.8) is 0 Å². The molecule has 0 saturated carbocycles. The number of benzene rings is 1. The summed E-state index contributed by atoms with van der Waals surface area (Å²) in [5.41, 5.74) is 2.69. The van der Waals surface area contributed by atoms with Crippen LogP contribution < -0.4 is 0 Å². The van der Waals surface area contributed by atoms with Crippen molar-refractivity contribution in [2.45, 2.75) is 0 Å². The van der Waals surface area contributed by atoms with Crippen molar-refractivity contribution in [2.75, 3.05) is 0 Å². The van der Waals surface area contributed by atoms with Crippen molar-refractivity contribution in [3.8, 4) is 0 Å². The number of hydrogen-bond donors (Lipinski definition) is 1. The van der Waals surface area contributed by atoms with E-state index in [1.54, 1.807) is 12.5 Å². The monoisotopic (exact) mass is 291 g/mol. The first-order valence-electron chi connectivity index (χ1n) is 3.85. The predicted octanol–water partition coefficient (Wildman–Crippen LogP) is 0.520. The third-order valence-electron chi connectivity index (χ3n) is 2.00. The molecule has 0 atom stereocenters. The average Bonchev–Trinajstić information content (AvgIpc) is 2.65. The Labute approximate surface area is 95.9 Å². The molecule has 0 aliphatic heterocycles. The van der Waals surface area contributed by atoms with Crippen LogP contribution in [0.2, 0.25) is 0 Å². The van der Waals surface area contributed by atoms with Crippen LogP contribution in [0.1, 0.15) is 0 Å². The van der Waals surface area contributed by atoms with Crippen LogP contribution in [0.3, 0.4) is 0 Å². The number of aromatic amines is 1. The van der Waals surface area contributed by atoms with E-state index in [4.69, 9.17) is 0 Å². The maximum absolute atomic E-state index is 4.18. The fourth-order valence-electron chi connectivity index (χ4n) is 1.39. The van der Waals surface area contributed by atoms with E-state index < -0.39 is 0 Å². The van der Waals surface area contributed by atoms with Gasteiger partial charge in [-0.1, -0.05) is 0 Å². The second-order valence-electron chi connectivity index (χ2n) is 2.73. The van der Waals surface area contributed by atoms with E-state index in [1.165, 1.54) is 0 Å². The van der Waals surface area contributed by atoms with Gasteiger partial charge in [-0.15, -0.1) is 10.2 Å². The van der Waals surface area contributed by atoms with Crippen LogP contribution in [0.5, 0.6) is 0 Å². The van der Waals surface area contributed by atoms with Crippen LogP contribution in [-0.4, -0.2) is 49.3 Å². The second kappa shape index (κ2) is 3.49. The van der Waals surface area contributed by atoms with Crippen LogP contribution >= 0.6 is 0 Å². The molecule has 0 unspecified atom stereocenters. The standard InChI is InChI=1S/C8H5N5.Sn/c1-2-7-8(10-4-9-7)5-3-11-13-12-6(1)5;/h1-4H,(H,9,10);. The number of fused-ring (bicyclic) bond motifs is 3. The van der Waals surface area contributed by atoms with Gasteiger partial charge in [-0.05, 0) is 17.3 Å². The molecular weight excluding hydrogens is 285 g/mol. The van der Waals surface area contributed by atoms with Gasteiger partial charge in [-0.25, -0.2) is 4.98 Å². The summed E-state index contributed by atoms with van der Waals surface area (Å²) in [4.78, 5) is 7.21. The van der Waals surface area contributed by atoms with Crippen molar-refractivity contribution in [1.82, 2.24) is 25.4 Å². The van der Waals surface area contributed by atoms with Gasteiger partial charge in [0.25, 0.3) is 0 Å². The summed E-state index contributed by atoms with van der Waals surface area (Å²) in [5, 5.41) is 12.1. The Morgan fingerprint density at radius 2 is 2.14 bits per heavy atom. The number of nitrogens with one attached hydrogen (secondary N) is 1. The van der Waals surface area contributed by atoms with Crippen LogP contribution in [-0.2, 0) is 0 Å². The van der Waals surface area contributed by atoms with E-state index >= 15 is 0 Å². The SMILES string of the molecule is [Sn].c1nc2c(ccc3nnncc32)[nH]1. The third-order valence-corrected chi connectivity index (χ3v) is 2.00. The Hall–Kier alpha value is -1.24. The quantitative estimate of drug-likeness (QED) is 0.613. The summed E-state index contributed by atoms with van der Waals surface area (Å²) in [6.07, 6.45) is 3.33. The molecule has 3 rings (SSSR count). The van der Waals surface area contributed by atoms with Crippen molar-refractivity contribution in [2.24, 2.45) is 0 Å². The molecule has 0 fully saturated rings. The second-order valence-corrected chi connectivity index (χ2v) is 2.73. The van der Waals surface area contributed by atoms with Gasteiger partial charge >= 0.3 is 0 Å². The number of hydrogen-bond acceptors (Lipinski definition) is 4. The number of H-pyrrole nitrogens is 1. The molecule has 0 spiro atoms. The first kappa shape index (κ1) is 9.32. The van der Waals surface area contributed by atoms with Gasteiger partial charge in [-0.3, -0.25) is 0 Å². The topological polar surface area (TPSA) is 67.3 Å². The van der Waals surface area contributed by atoms with Crippen molar-refractivity contribution >= 4 is 45.8 Å². The van der Waals surface area contributed by atoms with Crippen molar-refractivity contribution < 1.29 is 0 Å². The largest absolute Gasteiger partial charge is 0.345 e. The van der Waals surface area contributed by atoms with E-state index in [9.17, 15) is 0 Å². The molecular formula is C8H5N5Sn. The maximum atomic E-state index is 4.18. The third kappa shape index (κ3) is 1.24. The minimum Gasteiger partial charge on any atom is -0.345 e. The Morgan fingerprint density at radius 3 is 3.07 bits per heavy atom. The Balaban J connectivity index is 0.000000750. The van der Waals surface area contributed by atoms with Gasteiger partial charge in [0.15, 0.2) is 0 Å². The van der Waals surface area contributed by atoms with E-state index in [0.29, 0.717) is 0 Å². The molecule has 2 aromatic heterocycles. The molecule has 3 aromatic rings. The summed E-state index contributed by atoms with van der Waals surface area (Å²) in [6, 6.07) is 3.82. The normalized spacial score (nSPS) is 10.3. The smallest absolute Gasteiger partial charge is 0.0993 e. The van der Waals surface area contributed by atoms with Crippen LogP contribution in [0, 0.1) is 0 Å². The predicted molar refractivity (Wildman–Crippen MR) is 52.7 cm³/mol. The molecule has 66 valence electrons. The first-order chi connectivity index (χ1) is 6.45. The van der Waals surface area contributed by atoms with E-state index in [1.807, 2.05) is 12.1 Å². The molecule has 0 saturated heterocycles. The number of nitrogens with zero attached hydrogens (tertiary/aromatic N) is 4. The fourth-order valence-corrected chi connectivity index (χ4v) is 1.39. The minimum atomic E-state index is 0. The van der Waals surface area contributed by atoms with Gasteiger partial charge in [0.2, 0.25) is 0 Å². The van der Waals surface area contributed by atoms with Gasteiger partial charge in [0, 0.05) is 23.9 Å². The van der Waals surface area contributed by atoms with E-state index in [-0.39, 0.29) is 23.9 Å². The van der Waals surface area contributed by atoms with E-state index in [2.05, 4.69) is 25.4 Å². The van der Waals surface area contributed by atoms with Gasteiger partial charge < -0.3 is 4.98 Å². The molecule has 1 N–H and O–H groups in total. The Bertz CT molecular complexity index is 576. The van der Waals surface area contributed by atoms with Gasteiger partial charge in [0.05, 0.1) is 34.5 Å². The number of rotatable bonds is 0. The fraction of sp³-hybridized carbons (Fsp3) is 0. The molecule has 2 heterocycles. The van der Waals surface area contributed by atoms with Crippen LogP contribution in [0.15, 0.2) is 24.7 Å². The number of aromatic nitrogens is 5. The zero-order valence-corrected chi connectivity index (χ0v) is 9.95. The minimum absolute atomic E-state index is 0. The Kier molecular flexibility index (Phi) is 2.32. The molecule has 0 aliphatic carbocycles. The molecule has 5 nitrogen and oxygen atoms in total.